The number of benzene rings is 1. The lowest BCUT2D eigenvalue weighted by molar-refractivity contribution is 0.0954. The predicted molar refractivity (Wildman–Crippen MR) is 107 cm³/mol. The van der Waals surface area contributed by atoms with E-state index in [4.69, 9.17) is 0 Å². The zero-order valence-corrected chi connectivity index (χ0v) is 15.9. The van der Waals surface area contributed by atoms with Gasteiger partial charge in [0.15, 0.2) is 0 Å². The predicted octanol–water partition coefficient (Wildman–Crippen LogP) is 3.38. The number of piperidine rings is 1. The first-order valence-corrected chi connectivity index (χ1v) is 9.50. The van der Waals surface area contributed by atoms with E-state index in [1.54, 1.807) is 30.5 Å². The van der Waals surface area contributed by atoms with E-state index >= 15 is 0 Å². The molecule has 2 amide bonds. The number of aromatic nitrogens is 1. The van der Waals surface area contributed by atoms with Crippen molar-refractivity contribution in [3.63, 3.8) is 0 Å². The van der Waals surface area contributed by atoms with Crippen LogP contribution in [0.1, 0.15) is 52.5 Å². The summed E-state index contributed by atoms with van der Waals surface area (Å²) in [6.07, 6.45) is 5.18. The Balaban J connectivity index is 1.84. The third-order valence-electron chi connectivity index (χ3n) is 4.77. The molecule has 0 atom stereocenters. The van der Waals surface area contributed by atoms with E-state index in [9.17, 15) is 9.59 Å². The summed E-state index contributed by atoms with van der Waals surface area (Å²) in [6, 6.07) is 8.90. The molecule has 3 rings (SSSR count). The zero-order chi connectivity index (χ0) is 19.2. The van der Waals surface area contributed by atoms with E-state index in [2.05, 4.69) is 20.5 Å². The maximum Gasteiger partial charge on any atom is 0.259 e. The van der Waals surface area contributed by atoms with Gasteiger partial charge in [0.05, 0.1) is 5.56 Å². The van der Waals surface area contributed by atoms with Gasteiger partial charge < -0.3 is 15.5 Å². The highest BCUT2D eigenvalue weighted by atomic mass is 16.2. The number of anilines is 2. The van der Waals surface area contributed by atoms with Crippen LogP contribution in [0.2, 0.25) is 0 Å². The first kappa shape index (κ1) is 18.9. The number of nitrogens with zero attached hydrogens (tertiary/aromatic N) is 2. The number of carbonyl (C=O) groups excluding carboxylic acids is 2. The highest BCUT2D eigenvalue weighted by molar-refractivity contribution is 6.08. The molecule has 1 aliphatic heterocycles. The van der Waals surface area contributed by atoms with E-state index in [1.165, 1.54) is 6.42 Å². The summed E-state index contributed by atoms with van der Waals surface area (Å²) in [6.45, 7) is 6.18. The number of carbonyl (C=O) groups is 2. The van der Waals surface area contributed by atoms with Gasteiger partial charge in [0.25, 0.3) is 11.8 Å². The molecule has 0 bridgehead atoms. The largest absolute Gasteiger partial charge is 0.356 e. The molecule has 0 unspecified atom stereocenters. The molecule has 0 radical (unpaired) electrons. The molecule has 142 valence electrons. The van der Waals surface area contributed by atoms with Gasteiger partial charge in [0.1, 0.15) is 5.82 Å². The lowest BCUT2D eigenvalue weighted by atomic mass is 10.1. The Morgan fingerprint density at radius 2 is 1.89 bits per heavy atom. The van der Waals surface area contributed by atoms with Crippen LogP contribution in [0.25, 0.3) is 0 Å². The number of nitrogens with one attached hydrogen (secondary N) is 2. The summed E-state index contributed by atoms with van der Waals surface area (Å²) >= 11 is 0. The van der Waals surface area contributed by atoms with Crippen LogP contribution in [0.5, 0.6) is 0 Å². The highest BCUT2D eigenvalue weighted by Gasteiger charge is 2.20. The second-order valence-corrected chi connectivity index (χ2v) is 6.77. The van der Waals surface area contributed by atoms with E-state index in [0.717, 1.165) is 37.3 Å². The van der Waals surface area contributed by atoms with Crippen molar-refractivity contribution >= 4 is 23.3 Å². The fraction of sp³-hybridized carbons (Fsp3) is 0.381. The molecule has 27 heavy (non-hydrogen) atoms. The maximum absolute atomic E-state index is 13.0. The summed E-state index contributed by atoms with van der Waals surface area (Å²) in [5, 5.41) is 5.74. The number of rotatable bonds is 5. The number of hydrogen-bond acceptors (Lipinski definition) is 4. The van der Waals surface area contributed by atoms with Gasteiger partial charge in [-0.2, -0.15) is 0 Å². The minimum absolute atomic E-state index is 0.150. The Kier molecular flexibility index (Phi) is 6.06. The van der Waals surface area contributed by atoms with Crippen molar-refractivity contribution in [2.24, 2.45) is 0 Å². The second kappa shape index (κ2) is 8.66. The summed E-state index contributed by atoms with van der Waals surface area (Å²) in [5.41, 5.74) is 2.62. The summed E-state index contributed by atoms with van der Waals surface area (Å²) in [5.74, 6) is 0.371. The summed E-state index contributed by atoms with van der Waals surface area (Å²) in [7, 11) is 0. The van der Waals surface area contributed by atoms with Crippen LogP contribution in [0.3, 0.4) is 0 Å². The average molecular weight is 366 g/mol. The number of amides is 2. The summed E-state index contributed by atoms with van der Waals surface area (Å²) in [4.78, 5) is 31.7. The first-order valence-electron chi connectivity index (χ1n) is 9.50. The quantitative estimate of drug-likeness (QED) is 0.851. The fourth-order valence-electron chi connectivity index (χ4n) is 3.28. The molecule has 1 aromatic heterocycles. The van der Waals surface area contributed by atoms with Crippen molar-refractivity contribution in [2.75, 3.05) is 29.9 Å². The third kappa shape index (κ3) is 4.45. The van der Waals surface area contributed by atoms with Crippen molar-refractivity contribution in [3.05, 3.63) is 53.2 Å². The van der Waals surface area contributed by atoms with Crippen molar-refractivity contribution in [3.8, 4) is 0 Å². The van der Waals surface area contributed by atoms with Gasteiger partial charge in [-0.1, -0.05) is 6.07 Å². The molecule has 0 saturated carbocycles. The normalized spacial score (nSPS) is 13.9. The maximum atomic E-state index is 13.0. The second-order valence-electron chi connectivity index (χ2n) is 6.77. The SMILES string of the molecule is CCNC(=O)c1ccc(C)c(NC(=O)c2cccnc2N2CCCCC2)c1. The minimum Gasteiger partial charge on any atom is -0.356 e. The van der Waals surface area contributed by atoms with Crippen LogP contribution in [0.15, 0.2) is 36.5 Å². The Morgan fingerprint density at radius 3 is 2.63 bits per heavy atom. The van der Waals surface area contributed by atoms with Crippen molar-refractivity contribution < 1.29 is 9.59 Å². The monoisotopic (exact) mass is 366 g/mol. The third-order valence-corrected chi connectivity index (χ3v) is 4.77. The van der Waals surface area contributed by atoms with E-state index < -0.39 is 0 Å². The van der Waals surface area contributed by atoms with E-state index in [-0.39, 0.29) is 11.8 Å². The number of hydrogen-bond donors (Lipinski definition) is 2. The highest BCUT2D eigenvalue weighted by Crippen LogP contribution is 2.24. The molecule has 0 spiro atoms. The van der Waals surface area contributed by atoms with Crippen LogP contribution in [-0.2, 0) is 0 Å². The lowest BCUT2D eigenvalue weighted by Gasteiger charge is -2.29. The molecular formula is C21H26N4O2. The van der Waals surface area contributed by atoms with Crippen LogP contribution in [0, 0.1) is 6.92 Å². The molecule has 1 saturated heterocycles. The van der Waals surface area contributed by atoms with Gasteiger partial charge in [-0.05, 0) is 62.9 Å². The Labute approximate surface area is 160 Å². The molecule has 1 aromatic carbocycles. The van der Waals surface area contributed by atoms with Gasteiger partial charge in [-0.3, -0.25) is 9.59 Å². The molecule has 6 heteroatoms. The summed E-state index contributed by atoms with van der Waals surface area (Å²) < 4.78 is 0. The molecule has 2 N–H and O–H groups in total. The van der Waals surface area contributed by atoms with Crippen LogP contribution in [0.4, 0.5) is 11.5 Å². The van der Waals surface area contributed by atoms with Crippen LogP contribution in [-0.4, -0.2) is 36.4 Å². The molecular weight excluding hydrogens is 340 g/mol. The van der Waals surface area contributed by atoms with Gasteiger partial charge >= 0.3 is 0 Å². The number of aryl methyl sites for hydroxylation is 1. The Bertz CT molecular complexity index is 829. The number of pyridine rings is 1. The molecule has 0 aliphatic carbocycles. The topological polar surface area (TPSA) is 74.3 Å². The zero-order valence-electron chi connectivity index (χ0n) is 15.9. The van der Waals surface area contributed by atoms with Crippen molar-refractivity contribution in [2.45, 2.75) is 33.1 Å². The Hall–Kier alpha value is -2.89. The van der Waals surface area contributed by atoms with Gasteiger partial charge in [0, 0.05) is 37.1 Å². The molecule has 6 nitrogen and oxygen atoms in total. The molecule has 1 aliphatic rings. The molecule has 2 aromatic rings. The molecule has 2 heterocycles. The lowest BCUT2D eigenvalue weighted by Crippen LogP contribution is -2.32. The van der Waals surface area contributed by atoms with E-state index in [0.29, 0.717) is 23.4 Å². The van der Waals surface area contributed by atoms with Crippen LogP contribution >= 0.6 is 0 Å². The fourth-order valence-corrected chi connectivity index (χ4v) is 3.28. The Morgan fingerprint density at radius 1 is 1.11 bits per heavy atom. The van der Waals surface area contributed by atoms with Crippen molar-refractivity contribution in [1.29, 1.82) is 0 Å². The average Bonchev–Trinajstić information content (AvgIpc) is 2.70. The molecule has 1 fully saturated rings. The van der Waals surface area contributed by atoms with Gasteiger partial charge in [-0.25, -0.2) is 4.98 Å². The van der Waals surface area contributed by atoms with Crippen LogP contribution < -0.4 is 15.5 Å². The standard InChI is InChI=1S/C21H26N4O2/c1-3-22-20(26)16-10-9-15(2)18(14-16)24-21(27)17-8-7-11-23-19(17)25-12-5-4-6-13-25/h7-11,14H,3-6,12-13H2,1-2H3,(H,22,26)(H,24,27). The first-order chi connectivity index (χ1) is 13.1. The van der Waals surface area contributed by atoms with E-state index in [1.807, 2.05) is 19.9 Å². The van der Waals surface area contributed by atoms with Gasteiger partial charge in [-0.15, -0.1) is 0 Å². The minimum atomic E-state index is -0.208. The smallest absolute Gasteiger partial charge is 0.259 e. The van der Waals surface area contributed by atoms with Gasteiger partial charge in [0.2, 0.25) is 0 Å². The van der Waals surface area contributed by atoms with Crippen molar-refractivity contribution in [1.82, 2.24) is 10.3 Å².